The molecule has 2 atom stereocenters. The third-order valence-corrected chi connectivity index (χ3v) is 5.37. The minimum Gasteiger partial charge on any atom is -0.346 e. The number of hydrogen-bond donors (Lipinski definition) is 2. The van der Waals surface area contributed by atoms with E-state index in [-0.39, 0.29) is 29.7 Å². The smallest absolute Gasteiger partial charge is 0.317 e. The van der Waals surface area contributed by atoms with E-state index >= 15 is 0 Å². The van der Waals surface area contributed by atoms with Crippen LogP contribution < -0.4 is 10.6 Å². The summed E-state index contributed by atoms with van der Waals surface area (Å²) in [5.41, 5.74) is 2.51. The van der Waals surface area contributed by atoms with Gasteiger partial charge in [-0.2, -0.15) is 0 Å². The minimum absolute atomic E-state index is 0.0285. The van der Waals surface area contributed by atoms with E-state index in [0.29, 0.717) is 18.7 Å². The molecule has 0 aromatic heterocycles. The van der Waals surface area contributed by atoms with E-state index in [1.807, 2.05) is 36.9 Å². The van der Waals surface area contributed by atoms with Crippen molar-refractivity contribution in [1.29, 1.82) is 0 Å². The first-order chi connectivity index (χ1) is 14.0. The second-order valence-corrected chi connectivity index (χ2v) is 7.49. The molecule has 3 amide bonds. The molecule has 5 nitrogen and oxygen atoms in total. The van der Waals surface area contributed by atoms with Crippen LogP contribution in [0.3, 0.4) is 0 Å². The number of nitrogens with zero attached hydrogens (tertiary/aromatic N) is 1. The molecule has 154 valence electrons. The molecule has 3 rings (SSSR count). The van der Waals surface area contributed by atoms with Gasteiger partial charge in [0.1, 0.15) is 5.82 Å². The average molecular weight is 397 g/mol. The summed E-state index contributed by atoms with van der Waals surface area (Å²) < 4.78 is 13.1. The maximum absolute atomic E-state index is 13.1. The molecule has 0 spiro atoms. The molecule has 0 aliphatic carbocycles. The predicted molar refractivity (Wildman–Crippen MR) is 111 cm³/mol. The number of nitrogens with one attached hydrogen (secondary N) is 2. The molecular formula is C23H28FN3O2. The van der Waals surface area contributed by atoms with Crippen LogP contribution in [0, 0.1) is 5.82 Å². The number of amides is 3. The fourth-order valence-corrected chi connectivity index (χ4v) is 3.75. The lowest BCUT2D eigenvalue weighted by Crippen LogP contribution is -2.44. The van der Waals surface area contributed by atoms with Gasteiger partial charge in [-0.05, 0) is 62.1 Å². The molecule has 1 saturated heterocycles. The zero-order valence-corrected chi connectivity index (χ0v) is 17.0. The Labute approximate surface area is 171 Å². The Balaban J connectivity index is 1.67. The molecule has 0 radical (unpaired) electrons. The van der Waals surface area contributed by atoms with Crippen molar-refractivity contribution in [3.05, 3.63) is 71.0 Å². The van der Waals surface area contributed by atoms with Gasteiger partial charge in [-0.25, -0.2) is 9.18 Å². The van der Waals surface area contributed by atoms with Gasteiger partial charge in [0.25, 0.3) is 5.91 Å². The Kier molecular flexibility index (Phi) is 6.86. The number of likely N-dealkylation sites (tertiary alicyclic amines) is 1. The van der Waals surface area contributed by atoms with Crippen LogP contribution in [0.25, 0.3) is 0 Å². The Morgan fingerprint density at radius 1 is 1.21 bits per heavy atom. The van der Waals surface area contributed by atoms with Gasteiger partial charge in [-0.3, -0.25) is 4.79 Å². The Morgan fingerprint density at radius 3 is 2.69 bits per heavy atom. The molecule has 2 N–H and O–H groups in total. The van der Waals surface area contributed by atoms with E-state index < -0.39 is 0 Å². The van der Waals surface area contributed by atoms with Crippen molar-refractivity contribution in [2.75, 3.05) is 19.6 Å². The van der Waals surface area contributed by atoms with Crippen LogP contribution in [-0.4, -0.2) is 36.5 Å². The number of piperidine rings is 1. The van der Waals surface area contributed by atoms with Crippen LogP contribution in [0.5, 0.6) is 0 Å². The summed E-state index contributed by atoms with van der Waals surface area (Å²) in [5.74, 6) is -0.247. The second-order valence-electron chi connectivity index (χ2n) is 7.49. The Hall–Kier alpha value is -2.89. The van der Waals surface area contributed by atoms with Crippen LogP contribution in [-0.2, 0) is 0 Å². The number of halogens is 1. The van der Waals surface area contributed by atoms with Crippen molar-refractivity contribution in [3.8, 4) is 0 Å². The molecule has 6 heteroatoms. The molecule has 1 heterocycles. The molecule has 0 bridgehead atoms. The standard InChI is InChI=1S/C23H28FN3O2/c1-3-25-23(29)27-13-5-8-20(15-27)18-6-4-7-19(14-18)22(28)26-16(2)17-9-11-21(24)12-10-17/h4,6-7,9-12,14,16,20H,3,5,8,13,15H2,1-2H3,(H,25,29)(H,26,28)/t16-,20-/m0/s1. The van der Waals surface area contributed by atoms with Gasteiger partial charge < -0.3 is 15.5 Å². The number of hydrogen-bond acceptors (Lipinski definition) is 2. The molecule has 1 fully saturated rings. The van der Waals surface area contributed by atoms with Crippen molar-refractivity contribution in [1.82, 2.24) is 15.5 Å². The van der Waals surface area contributed by atoms with Gasteiger partial charge in [0.15, 0.2) is 0 Å². The summed E-state index contributed by atoms with van der Waals surface area (Å²) >= 11 is 0. The number of carbonyl (C=O) groups is 2. The summed E-state index contributed by atoms with van der Waals surface area (Å²) in [4.78, 5) is 26.7. The molecule has 1 aliphatic heterocycles. The van der Waals surface area contributed by atoms with E-state index in [1.54, 1.807) is 18.2 Å². The third kappa shape index (κ3) is 5.34. The first-order valence-corrected chi connectivity index (χ1v) is 10.2. The third-order valence-electron chi connectivity index (χ3n) is 5.37. The lowest BCUT2D eigenvalue weighted by Gasteiger charge is -2.33. The number of rotatable bonds is 5. The van der Waals surface area contributed by atoms with Crippen LogP contribution in [0.15, 0.2) is 48.5 Å². The van der Waals surface area contributed by atoms with Crippen molar-refractivity contribution in [2.24, 2.45) is 0 Å². The van der Waals surface area contributed by atoms with Crippen LogP contribution in [0.4, 0.5) is 9.18 Å². The van der Waals surface area contributed by atoms with Crippen molar-refractivity contribution in [2.45, 2.75) is 38.6 Å². The maximum Gasteiger partial charge on any atom is 0.317 e. The highest BCUT2D eigenvalue weighted by molar-refractivity contribution is 5.94. The lowest BCUT2D eigenvalue weighted by molar-refractivity contribution is 0.0939. The van der Waals surface area contributed by atoms with Crippen molar-refractivity contribution in [3.63, 3.8) is 0 Å². The van der Waals surface area contributed by atoms with Crippen LogP contribution >= 0.6 is 0 Å². The molecule has 0 unspecified atom stereocenters. The van der Waals surface area contributed by atoms with Gasteiger partial charge in [0, 0.05) is 31.1 Å². The lowest BCUT2D eigenvalue weighted by atomic mass is 9.89. The van der Waals surface area contributed by atoms with E-state index in [2.05, 4.69) is 10.6 Å². The molecule has 0 saturated carbocycles. The first kappa shape index (κ1) is 20.8. The highest BCUT2D eigenvalue weighted by Crippen LogP contribution is 2.27. The summed E-state index contributed by atoms with van der Waals surface area (Å²) in [5, 5.41) is 5.83. The zero-order chi connectivity index (χ0) is 20.8. The number of urea groups is 1. The summed E-state index contributed by atoms with van der Waals surface area (Å²) in [6, 6.07) is 13.5. The first-order valence-electron chi connectivity index (χ1n) is 10.2. The SMILES string of the molecule is CCNC(=O)N1CCC[C@H](c2cccc(C(=O)N[C@@H](C)c3ccc(F)cc3)c2)C1. The van der Waals surface area contributed by atoms with Crippen molar-refractivity contribution >= 4 is 11.9 Å². The van der Waals surface area contributed by atoms with Gasteiger partial charge in [-0.15, -0.1) is 0 Å². The zero-order valence-electron chi connectivity index (χ0n) is 17.0. The number of benzene rings is 2. The maximum atomic E-state index is 13.1. The normalized spacial score (nSPS) is 17.5. The van der Waals surface area contributed by atoms with E-state index in [0.717, 1.165) is 30.5 Å². The quantitative estimate of drug-likeness (QED) is 0.793. The minimum atomic E-state index is -0.297. The van der Waals surface area contributed by atoms with Gasteiger partial charge in [0.05, 0.1) is 6.04 Å². The Morgan fingerprint density at radius 2 is 1.97 bits per heavy atom. The molecule has 2 aromatic rings. The Bertz CT molecular complexity index is 853. The monoisotopic (exact) mass is 397 g/mol. The fourth-order valence-electron chi connectivity index (χ4n) is 3.75. The summed E-state index contributed by atoms with van der Waals surface area (Å²) in [6.45, 7) is 5.82. The summed E-state index contributed by atoms with van der Waals surface area (Å²) in [6.07, 6.45) is 1.94. The average Bonchev–Trinajstić information content (AvgIpc) is 2.74. The van der Waals surface area contributed by atoms with Crippen molar-refractivity contribution < 1.29 is 14.0 Å². The molecule has 1 aliphatic rings. The van der Waals surface area contributed by atoms with E-state index in [4.69, 9.17) is 0 Å². The largest absolute Gasteiger partial charge is 0.346 e. The molecule has 2 aromatic carbocycles. The van der Waals surface area contributed by atoms with E-state index in [1.165, 1.54) is 12.1 Å². The number of carbonyl (C=O) groups excluding carboxylic acids is 2. The van der Waals surface area contributed by atoms with Crippen LogP contribution in [0.1, 0.15) is 60.1 Å². The molecular weight excluding hydrogens is 369 g/mol. The van der Waals surface area contributed by atoms with Crippen LogP contribution in [0.2, 0.25) is 0 Å². The topological polar surface area (TPSA) is 61.4 Å². The highest BCUT2D eigenvalue weighted by Gasteiger charge is 2.25. The predicted octanol–water partition coefficient (Wildman–Crippen LogP) is 4.23. The second kappa shape index (κ2) is 9.54. The molecule has 29 heavy (non-hydrogen) atoms. The summed E-state index contributed by atoms with van der Waals surface area (Å²) in [7, 11) is 0. The highest BCUT2D eigenvalue weighted by atomic mass is 19.1. The van der Waals surface area contributed by atoms with Gasteiger partial charge in [-0.1, -0.05) is 24.3 Å². The van der Waals surface area contributed by atoms with Gasteiger partial charge >= 0.3 is 6.03 Å². The fraction of sp³-hybridized carbons (Fsp3) is 0.391. The van der Waals surface area contributed by atoms with E-state index in [9.17, 15) is 14.0 Å². The van der Waals surface area contributed by atoms with Gasteiger partial charge in [0.2, 0.25) is 0 Å².